The van der Waals surface area contributed by atoms with Crippen molar-refractivity contribution < 1.29 is 19.0 Å². The van der Waals surface area contributed by atoms with Gasteiger partial charge in [0.25, 0.3) is 0 Å². The van der Waals surface area contributed by atoms with Crippen LogP contribution in [-0.4, -0.2) is 30.2 Å². The van der Waals surface area contributed by atoms with Crippen LogP contribution in [0.2, 0.25) is 0 Å². The van der Waals surface area contributed by atoms with Crippen LogP contribution in [0.1, 0.15) is 16.1 Å². The van der Waals surface area contributed by atoms with E-state index in [1.807, 2.05) is 19.1 Å². The fourth-order valence-electron chi connectivity index (χ4n) is 1.57. The molecule has 0 aliphatic rings. The van der Waals surface area contributed by atoms with Gasteiger partial charge in [0.2, 0.25) is 5.88 Å². The summed E-state index contributed by atoms with van der Waals surface area (Å²) >= 11 is 0. The van der Waals surface area contributed by atoms with Crippen LogP contribution in [0.5, 0.6) is 17.4 Å². The van der Waals surface area contributed by atoms with Crippen molar-refractivity contribution in [3.63, 3.8) is 0 Å². The standard InChI is InChI=1S/C14H14N2O4/c1-9-4-5-11(12(6-9)18-2)20-13-8-15-7-10(16-13)14(17)19-3/h4-8H,1-3H3. The maximum atomic E-state index is 11.4. The van der Waals surface area contributed by atoms with Crippen molar-refractivity contribution in [2.75, 3.05) is 14.2 Å². The summed E-state index contributed by atoms with van der Waals surface area (Å²) in [6, 6.07) is 5.49. The molecule has 0 aliphatic carbocycles. The highest BCUT2D eigenvalue weighted by molar-refractivity contribution is 5.86. The molecule has 0 fully saturated rings. The minimum atomic E-state index is -0.571. The molecule has 0 spiro atoms. The number of hydrogen-bond donors (Lipinski definition) is 0. The number of nitrogens with zero attached hydrogens (tertiary/aromatic N) is 2. The van der Waals surface area contributed by atoms with E-state index in [1.165, 1.54) is 19.5 Å². The van der Waals surface area contributed by atoms with Gasteiger partial charge in [0, 0.05) is 0 Å². The molecule has 0 aliphatic heterocycles. The Bertz CT molecular complexity index is 628. The van der Waals surface area contributed by atoms with Gasteiger partial charge in [-0.25, -0.2) is 9.78 Å². The molecular formula is C14H14N2O4. The first-order chi connectivity index (χ1) is 9.63. The van der Waals surface area contributed by atoms with E-state index in [2.05, 4.69) is 14.7 Å². The number of hydrogen-bond acceptors (Lipinski definition) is 6. The van der Waals surface area contributed by atoms with Gasteiger partial charge in [-0.1, -0.05) is 6.07 Å². The lowest BCUT2D eigenvalue weighted by molar-refractivity contribution is 0.0592. The first kappa shape index (κ1) is 13.8. The fourth-order valence-corrected chi connectivity index (χ4v) is 1.57. The number of ether oxygens (including phenoxy) is 3. The minimum Gasteiger partial charge on any atom is -0.493 e. The number of benzene rings is 1. The van der Waals surface area contributed by atoms with Gasteiger partial charge in [-0.3, -0.25) is 4.98 Å². The van der Waals surface area contributed by atoms with Gasteiger partial charge in [0.15, 0.2) is 17.2 Å². The summed E-state index contributed by atoms with van der Waals surface area (Å²) < 4.78 is 15.4. The van der Waals surface area contributed by atoms with Gasteiger partial charge >= 0.3 is 5.97 Å². The van der Waals surface area contributed by atoms with Gasteiger partial charge < -0.3 is 14.2 Å². The Kier molecular flexibility index (Phi) is 4.14. The number of rotatable bonds is 4. The first-order valence-corrected chi connectivity index (χ1v) is 5.87. The quantitative estimate of drug-likeness (QED) is 0.797. The van der Waals surface area contributed by atoms with Crippen molar-refractivity contribution in [2.45, 2.75) is 6.92 Å². The molecule has 20 heavy (non-hydrogen) atoms. The molecule has 0 N–H and O–H groups in total. The predicted molar refractivity (Wildman–Crippen MR) is 71.2 cm³/mol. The largest absolute Gasteiger partial charge is 0.493 e. The highest BCUT2D eigenvalue weighted by atomic mass is 16.5. The molecule has 0 bridgehead atoms. The second kappa shape index (κ2) is 6.01. The molecular weight excluding hydrogens is 260 g/mol. The first-order valence-electron chi connectivity index (χ1n) is 5.87. The van der Waals surface area contributed by atoms with E-state index in [0.29, 0.717) is 11.5 Å². The second-order valence-electron chi connectivity index (χ2n) is 3.99. The topological polar surface area (TPSA) is 70.5 Å². The zero-order chi connectivity index (χ0) is 14.5. The molecule has 6 heteroatoms. The Morgan fingerprint density at radius 1 is 1.15 bits per heavy atom. The van der Waals surface area contributed by atoms with Crippen LogP contribution in [0.4, 0.5) is 0 Å². The van der Waals surface area contributed by atoms with Crippen LogP contribution < -0.4 is 9.47 Å². The molecule has 104 valence electrons. The average Bonchev–Trinajstić information content (AvgIpc) is 2.48. The third-order valence-electron chi connectivity index (χ3n) is 2.54. The number of methoxy groups -OCH3 is 2. The minimum absolute atomic E-state index is 0.0797. The summed E-state index contributed by atoms with van der Waals surface area (Å²) in [5.74, 6) is 0.693. The number of aromatic nitrogens is 2. The summed E-state index contributed by atoms with van der Waals surface area (Å²) in [6.07, 6.45) is 2.72. The van der Waals surface area contributed by atoms with Crippen molar-refractivity contribution in [3.8, 4) is 17.4 Å². The Balaban J connectivity index is 2.28. The Hall–Kier alpha value is -2.63. The molecule has 2 rings (SSSR count). The van der Waals surface area contributed by atoms with E-state index < -0.39 is 5.97 Å². The number of aryl methyl sites for hydroxylation is 1. The third-order valence-corrected chi connectivity index (χ3v) is 2.54. The van der Waals surface area contributed by atoms with Crippen LogP contribution >= 0.6 is 0 Å². The maximum absolute atomic E-state index is 11.4. The predicted octanol–water partition coefficient (Wildman–Crippen LogP) is 2.37. The lowest BCUT2D eigenvalue weighted by atomic mass is 10.2. The molecule has 1 heterocycles. The SMILES string of the molecule is COC(=O)c1cncc(Oc2ccc(C)cc2OC)n1. The van der Waals surface area contributed by atoms with Gasteiger partial charge in [-0.15, -0.1) is 0 Å². The van der Waals surface area contributed by atoms with Crippen molar-refractivity contribution in [3.05, 3.63) is 41.9 Å². The van der Waals surface area contributed by atoms with Crippen LogP contribution in [0.3, 0.4) is 0 Å². The van der Waals surface area contributed by atoms with Gasteiger partial charge in [-0.2, -0.15) is 0 Å². The van der Waals surface area contributed by atoms with Crippen LogP contribution in [0.25, 0.3) is 0 Å². The summed E-state index contributed by atoms with van der Waals surface area (Å²) in [5.41, 5.74) is 1.12. The van der Waals surface area contributed by atoms with Gasteiger partial charge in [-0.05, 0) is 24.6 Å². The molecule has 0 radical (unpaired) electrons. The van der Waals surface area contributed by atoms with E-state index >= 15 is 0 Å². The third kappa shape index (κ3) is 3.03. The monoisotopic (exact) mass is 274 g/mol. The molecule has 0 saturated heterocycles. The van der Waals surface area contributed by atoms with Crippen LogP contribution in [0, 0.1) is 6.92 Å². The zero-order valence-corrected chi connectivity index (χ0v) is 11.4. The molecule has 0 atom stereocenters. The van der Waals surface area contributed by atoms with Gasteiger partial charge in [0.05, 0.1) is 26.6 Å². The number of carbonyl (C=O) groups is 1. The lowest BCUT2D eigenvalue weighted by Gasteiger charge is -2.10. The normalized spacial score (nSPS) is 9.95. The number of esters is 1. The molecule has 6 nitrogen and oxygen atoms in total. The smallest absolute Gasteiger partial charge is 0.358 e. The second-order valence-corrected chi connectivity index (χ2v) is 3.99. The van der Waals surface area contributed by atoms with Crippen molar-refractivity contribution in [2.24, 2.45) is 0 Å². The fraction of sp³-hybridized carbons (Fsp3) is 0.214. The Morgan fingerprint density at radius 3 is 2.65 bits per heavy atom. The Labute approximate surface area is 116 Å². The molecule has 2 aromatic rings. The molecule has 0 saturated carbocycles. The molecule has 1 aromatic heterocycles. The van der Waals surface area contributed by atoms with Crippen molar-refractivity contribution in [1.29, 1.82) is 0 Å². The lowest BCUT2D eigenvalue weighted by Crippen LogP contribution is -2.05. The van der Waals surface area contributed by atoms with E-state index in [0.717, 1.165) is 5.56 Å². The molecule has 1 aromatic carbocycles. The Morgan fingerprint density at radius 2 is 1.95 bits per heavy atom. The summed E-state index contributed by atoms with van der Waals surface area (Å²) in [7, 11) is 2.83. The summed E-state index contributed by atoms with van der Waals surface area (Å²) in [5, 5.41) is 0. The highest BCUT2D eigenvalue weighted by Gasteiger charge is 2.11. The van der Waals surface area contributed by atoms with Crippen molar-refractivity contribution in [1.82, 2.24) is 9.97 Å². The zero-order valence-electron chi connectivity index (χ0n) is 11.4. The van der Waals surface area contributed by atoms with Gasteiger partial charge in [0.1, 0.15) is 0 Å². The number of carbonyl (C=O) groups excluding carboxylic acids is 1. The van der Waals surface area contributed by atoms with Crippen LogP contribution in [0.15, 0.2) is 30.6 Å². The van der Waals surface area contributed by atoms with E-state index in [-0.39, 0.29) is 11.6 Å². The maximum Gasteiger partial charge on any atom is 0.358 e. The molecule has 0 unspecified atom stereocenters. The van der Waals surface area contributed by atoms with E-state index in [9.17, 15) is 4.79 Å². The van der Waals surface area contributed by atoms with Crippen LogP contribution in [-0.2, 0) is 4.74 Å². The summed E-state index contributed by atoms with van der Waals surface area (Å²) in [4.78, 5) is 19.3. The van der Waals surface area contributed by atoms with Crippen molar-refractivity contribution >= 4 is 5.97 Å². The average molecular weight is 274 g/mol. The highest BCUT2D eigenvalue weighted by Crippen LogP contribution is 2.31. The van der Waals surface area contributed by atoms with E-state index in [4.69, 9.17) is 9.47 Å². The van der Waals surface area contributed by atoms with E-state index in [1.54, 1.807) is 13.2 Å². The molecule has 0 amide bonds. The summed E-state index contributed by atoms with van der Waals surface area (Å²) in [6.45, 7) is 1.95.